The van der Waals surface area contributed by atoms with E-state index in [9.17, 15) is 0 Å². The van der Waals surface area contributed by atoms with Crippen LogP contribution >= 0.6 is 0 Å². The van der Waals surface area contributed by atoms with Gasteiger partial charge in [-0.05, 0) is 12.8 Å². The van der Waals surface area contributed by atoms with Gasteiger partial charge < -0.3 is 0 Å². The molecule has 0 unspecified atom stereocenters. The average molecular weight is 419 g/mol. The fraction of sp³-hybridized carbons (Fsp3) is 0.933. The van der Waals surface area contributed by atoms with Crippen LogP contribution in [0.2, 0.25) is 0 Å². The number of unbranched alkanes of at least 4 members (excludes halogenated alkanes) is 24. The summed E-state index contributed by atoms with van der Waals surface area (Å²) in [4.78, 5) is 0. The first kappa shape index (κ1) is 29.6. The van der Waals surface area contributed by atoms with E-state index in [1.165, 1.54) is 154 Å². The van der Waals surface area contributed by atoms with Crippen molar-refractivity contribution in [3.63, 3.8) is 0 Å². The lowest BCUT2D eigenvalue weighted by Crippen LogP contribution is -1.83. The van der Waals surface area contributed by atoms with Gasteiger partial charge in [-0.25, -0.2) is 0 Å². The van der Waals surface area contributed by atoms with E-state index in [4.69, 9.17) is 0 Å². The minimum atomic E-state index is 1.13. The predicted molar refractivity (Wildman–Crippen MR) is 139 cm³/mol. The van der Waals surface area contributed by atoms with Crippen LogP contribution in [-0.4, -0.2) is 0 Å². The van der Waals surface area contributed by atoms with Gasteiger partial charge in [0.1, 0.15) is 0 Å². The molecule has 0 spiro atoms. The molecule has 0 amide bonds. The smallest absolute Gasteiger partial charge is 0.00886 e. The van der Waals surface area contributed by atoms with Gasteiger partial charge in [-0.3, -0.25) is 0 Å². The van der Waals surface area contributed by atoms with Crippen LogP contribution in [-0.2, 0) is 0 Å². The molecule has 0 saturated carbocycles. The predicted octanol–water partition coefficient (Wildman–Crippen LogP) is 11.2. The van der Waals surface area contributed by atoms with Crippen molar-refractivity contribution >= 4 is 0 Å². The lowest BCUT2D eigenvalue weighted by molar-refractivity contribution is 0.528. The molecule has 0 radical (unpaired) electrons. The number of rotatable bonds is 24. The highest BCUT2D eigenvalue weighted by Crippen LogP contribution is 2.14. The van der Waals surface area contributed by atoms with Gasteiger partial charge in [-0.2, -0.15) is 0 Å². The van der Waals surface area contributed by atoms with Crippen LogP contribution in [0.1, 0.15) is 181 Å². The molecule has 0 rings (SSSR count). The molecular formula is C30H58. The zero-order chi connectivity index (χ0) is 21.8. The van der Waals surface area contributed by atoms with Crippen LogP contribution in [0.15, 0.2) is 0 Å². The van der Waals surface area contributed by atoms with E-state index in [1.807, 2.05) is 0 Å². The summed E-state index contributed by atoms with van der Waals surface area (Å²) >= 11 is 0. The van der Waals surface area contributed by atoms with E-state index in [1.54, 1.807) is 0 Å². The van der Waals surface area contributed by atoms with E-state index in [2.05, 4.69) is 25.7 Å². The van der Waals surface area contributed by atoms with Crippen LogP contribution in [0.3, 0.4) is 0 Å². The second-order valence-electron chi connectivity index (χ2n) is 9.63. The SMILES string of the molecule is CCCCCCCCCC#CCCCCCCCCCCCCCCCCCCC. The molecule has 178 valence electrons. The van der Waals surface area contributed by atoms with Crippen molar-refractivity contribution in [2.24, 2.45) is 0 Å². The highest BCUT2D eigenvalue weighted by molar-refractivity contribution is 4.98. The molecule has 0 aliphatic carbocycles. The maximum atomic E-state index is 3.40. The van der Waals surface area contributed by atoms with Gasteiger partial charge in [0.2, 0.25) is 0 Å². The summed E-state index contributed by atoms with van der Waals surface area (Å²) in [5.74, 6) is 6.79. The Morgan fingerprint density at radius 3 is 0.700 bits per heavy atom. The van der Waals surface area contributed by atoms with E-state index in [0.717, 1.165) is 12.8 Å². The second-order valence-corrected chi connectivity index (χ2v) is 9.63. The van der Waals surface area contributed by atoms with Crippen LogP contribution in [0.4, 0.5) is 0 Å². The molecule has 0 aromatic heterocycles. The summed E-state index contributed by atoms with van der Waals surface area (Å²) in [5.41, 5.74) is 0. The molecule has 0 heteroatoms. The molecule has 0 aliphatic heterocycles. The number of hydrogen-bond donors (Lipinski definition) is 0. The summed E-state index contributed by atoms with van der Waals surface area (Å²) in [6.45, 7) is 4.59. The minimum absolute atomic E-state index is 1.13. The third-order valence-corrected chi connectivity index (χ3v) is 6.44. The average Bonchev–Trinajstić information content (AvgIpc) is 2.76. The van der Waals surface area contributed by atoms with Gasteiger partial charge in [0, 0.05) is 12.8 Å². The van der Waals surface area contributed by atoms with Gasteiger partial charge in [0.15, 0.2) is 0 Å². The summed E-state index contributed by atoms with van der Waals surface area (Å²) < 4.78 is 0. The largest absolute Gasteiger partial charge is 0.103 e. The Morgan fingerprint density at radius 2 is 0.467 bits per heavy atom. The Morgan fingerprint density at radius 1 is 0.267 bits per heavy atom. The van der Waals surface area contributed by atoms with Crippen molar-refractivity contribution in [2.75, 3.05) is 0 Å². The van der Waals surface area contributed by atoms with Crippen molar-refractivity contribution in [1.82, 2.24) is 0 Å². The maximum absolute atomic E-state index is 3.40. The maximum Gasteiger partial charge on any atom is 0.00886 e. The standard InChI is InChI=1S/C30H58/c1-3-5-7-9-11-13-15-17-19-21-23-25-27-29-30-28-26-24-22-20-18-16-14-12-10-8-6-4-2/h3-19,21,23-30H2,1-2H3. The van der Waals surface area contributed by atoms with Crippen molar-refractivity contribution in [3.05, 3.63) is 0 Å². The van der Waals surface area contributed by atoms with Gasteiger partial charge in [0.25, 0.3) is 0 Å². The van der Waals surface area contributed by atoms with Crippen molar-refractivity contribution in [1.29, 1.82) is 0 Å². The molecule has 0 heterocycles. The third kappa shape index (κ3) is 27.6. The van der Waals surface area contributed by atoms with Crippen molar-refractivity contribution < 1.29 is 0 Å². The molecular weight excluding hydrogens is 360 g/mol. The van der Waals surface area contributed by atoms with Gasteiger partial charge in [-0.1, -0.05) is 155 Å². The highest BCUT2D eigenvalue weighted by Gasteiger charge is 1.95. The fourth-order valence-electron chi connectivity index (χ4n) is 4.29. The van der Waals surface area contributed by atoms with Crippen molar-refractivity contribution in [3.8, 4) is 11.8 Å². The molecule has 0 saturated heterocycles. The van der Waals surface area contributed by atoms with Crippen LogP contribution < -0.4 is 0 Å². The van der Waals surface area contributed by atoms with Crippen LogP contribution in [0.5, 0.6) is 0 Å². The van der Waals surface area contributed by atoms with E-state index < -0.39 is 0 Å². The lowest BCUT2D eigenvalue weighted by Gasteiger charge is -2.03. The van der Waals surface area contributed by atoms with Crippen molar-refractivity contribution in [2.45, 2.75) is 181 Å². The zero-order valence-electron chi connectivity index (χ0n) is 21.4. The molecule has 0 nitrogen and oxygen atoms in total. The topological polar surface area (TPSA) is 0 Å². The first-order valence-corrected chi connectivity index (χ1v) is 14.4. The minimum Gasteiger partial charge on any atom is -0.103 e. The Kier molecular flexibility index (Phi) is 28.1. The molecule has 0 aromatic carbocycles. The molecule has 30 heavy (non-hydrogen) atoms. The van der Waals surface area contributed by atoms with Gasteiger partial charge in [-0.15, -0.1) is 11.8 Å². The summed E-state index contributed by atoms with van der Waals surface area (Å²) in [6, 6.07) is 0. The molecule has 0 bridgehead atoms. The quantitative estimate of drug-likeness (QED) is 0.108. The summed E-state index contributed by atoms with van der Waals surface area (Å²) in [7, 11) is 0. The highest BCUT2D eigenvalue weighted by atomic mass is 14.0. The normalized spacial score (nSPS) is 10.9. The van der Waals surface area contributed by atoms with Gasteiger partial charge >= 0.3 is 0 Å². The Bertz CT molecular complexity index is 345. The fourth-order valence-corrected chi connectivity index (χ4v) is 4.29. The van der Waals surface area contributed by atoms with Crippen LogP contribution in [0.25, 0.3) is 0 Å². The van der Waals surface area contributed by atoms with E-state index in [0.29, 0.717) is 0 Å². The first-order valence-electron chi connectivity index (χ1n) is 14.4. The van der Waals surface area contributed by atoms with E-state index in [-0.39, 0.29) is 0 Å². The molecule has 0 aromatic rings. The monoisotopic (exact) mass is 418 g/mol. The Labute approximate surface area is 192 Å². The Hall–Kier alpha value is -0.440. The first-order chi connectivity index (χ1) is 14.9. The van der Waals surface area contributed by atoms with E-state index >= 15 is 0 Å². The molecule has 0 fully saturated rings. The third-order valence-electron chi connectivity index (χ3n) is 6.44. The van der Waals surface area contributed by atoms with Crippen LogP contribution in [0, 0.1) is 11.8 Å². The zero-order valence-corrected chi connectivity index (χ0v) is 21.4. The molecule has 0 N–H and O–H groups in total. The summed E-state index contributed by atoms with van der Waals surface area (Å²) in [6.07, 6.45) is 36.6. The number of hydrogen-bond acceptors (Lipinski definition) is 0. The lowest BCUT2D eigenvalue weighted by atomic mass is 10.0. The van der Waals surface area contributed by atoms with Gasteiger partial charge in [0.05, 0.1) is 0 Å². The molecule has 0 atom stereocenters. The Balaban J connectivity index is 3.07. The molecule has 0 aliphatic rings. The second kappa shape index (κ2) is 28.6. The summed E-state index contributed by atoms with van der Waals surface area (Å²) in [5, 5.41) is 0.